The van der Waals surface area contributed by atoms with Crippen molar-refractivity contribution in [3.63, 3.8) is 0 Å². The zero-order valence-electron chi connectivity index (χ0n) is 12.6. The average molecular weight is 340 g/mol. The van der Waals surface area contributed by atoms with Crippen molar-refractivity contribution < 1.29 is 9.72 Å². The highest BCUT2D eigenvalue weighted by Gasteiger charge is 2.21. The number of aromatic nitrogens is 2. The molecule has 1 aromatic carbocycles. The maximum absolute atomic E-state index is 12.3. The van der Waals surface area contributed by atoms with E-state index in [1.54, 1.807) is 12.3 Å². The number of carbonyl (C=O) groups is 1. The van der Waals surface area contributed by atoms with Crippen molar-refractivity contribution in [1.29, 1.82) is 0 Å². The van der Waals surface area contributed by atoms with Gasteiger partial charge in [0.15, 0.2) is 5.13 Å². The normalized spacial score (nSPS) is 10.4. The molecular formula is C16H12N4O3S. The summed E-state index contributed by atoms with van der Waals surface area (Å²) >= 11 is 1.27. The van der Waals surface area contributed by atoms with Crippen LogP contribution in [0.3, 0.4) is 0 Å². The third-order valence-corrected chi connectivity index (χ3v) is 4.36. The molecule has 3 rings (SSSR count). The maximum atomic E-state index is 12.3. The number of para-hydroxylation sites is 1. The van der Waals surface area contributed by atoms with Crippen LogP contribution in [0, 0.1) is 17.0 Å². The summed E-state index contributed by atoms with van der Waals surface area (Å²) in [6.07, 6.45) is 1.68. The van der Waals surface area contributed by atoms with Crippen LogP contribution in [0.4, 0.5) is 10.8 Å². The van der Waals surface area contributed by atoms with Crippen LogP contribution in [-0.2, 0) is 0 Å². The lowest BCUT2D eigenvalue weighted by Gasteiger charge is -2.02. The van der Waals surface area contributed by atoms with E-state index in [4.69, 9.17) is 0 Å². The average Bonchev–Trinajstić information content (AvgIpc) is 2.96. The molecule has 0 saturated carbocycles. The van der Waals surface area contributed by atoms with Crippen molar-refractivity contribution in [2.75, 3.05) is 5.32 Å². The molecule has 0 spiro atoms. The Morgan fingerprint density at radius 3 is 2.67 bits per heavy atom. The first kappa shape index (κ1) is 15.8. The van der Waals surface area contributed by atoms with Crippen LogP contribution in [0.15, 0.2) is 48.7 Å². The first-order valence-electron chi connectivity index (χ1n) is 7.00. The molecule has 3 aromatic rings. The summed E-state index contributed by atoms with van der Waals surface area (Å²) in [6, 6.07) is 11.3. The Kier molecular flexibility index (Phi) is 4.30. The molecule has 1 N–H and O–H groups in total. The molecule has 7 nitrogen and oxygen atoms in total. The smallest absolute Gasteiger partial charge is 0.282 e. The molecule has 2 heterocycles. The monoisotopic (exact) mass is 340 g/mol. The van der Waals surface area contributed by atoms with Crippen molar-refractivity contribution in [1.82, 2.24) is 9.97 Å². The zero-order valence-corrected chi connectivity index (χ0v) is 13.4. The molecular weight excluding hydrogens is 328 g/mol. The number of benzene rings is 1. The van der Waals surface area contributed by atoms with Gasteiger partial charge in [0.25, 0.3) is 11.6 Å². The highest BCUT2D eigenvalue weighted by atomic mass is 32.1. The summed E-state index contributed by atoms with van der Waals surface area (Å²) in [5, 5.41) is 14.0. The second-order valence-electron chi connectivity index (χ2n) is 4.88. The fourth-order valence-electron chi connectivity index (χ4n) is 2.17. The molecule has 0 bridgehead atoms. The zero-order chi connectivity index (χ0) is 17.1. The molecule has 0 aliphatic rings. The lowest BCUT2D eigenvalue weighted by Crippen LogP contribution is -2.13. The number of pyridine rings is 1. The van der Waals surface area contributed by atoms with Gasteiger partial charge in [0, 0.05) is 12.3 Å². The van der Waals surface area contributed by atoms with Gasteiger partial charge in [0.05, 0.1) is 21.2 Å². The van der Waals surface area contributed by atoms with Crippen LogP contribution in [0.2, 0.25) is 0 Å². The van der Waals surface area contributed by atoms with E-state index < -0.39 is 10.8 Å². The van der Waals surface area contributed by atoms with Gasteiger partial charge in [-0.15, -0.1) is 0 Å². The molecule has 0 fully saturated rings. The number of nitro benzene ring substituents is 1. The Labute approximate surface area is 141 Å². The summed E-state index contributed by atoms with van der Waals surface area (Å²) in [7, 11) is 0. The van der Waals surface area contributed by atoms with Crippen LogP contribution >= 0.6 is 11.3 Å². The quantitative estimate of drug-likeness (QED) is 0.577. The molecule has 1 amide bonds. The van der Waals surface area contributed by atoms with Gasteiger partial charge in [0.1, 0.15) is 5.56 Å². The molecule has 2 aromatic heterocycles. The predicted molar refractivity (Wildman–Crippen MR) is 91.1 cm³/mol. The van der Waals surface area contributed by atoms with Crippen molar-refractivity contribution >= 4 is 28.1 Å². The number of anilines is 1. The van der Waals surface area contributed by atoms with E-state index in [-0.39, 0.29) is 11.3 Å². The van der Waals surface area contributed by atoms with Gasteiger partial charge in [0.2, 0.25) is 0 Å². The first-order valence-corrected chi connectivity index (χ1v) is 7.81. The van der Waals surface area contributed by atoms with Gasteiger partial charge in [-0.2, -0.15) is 0 Å². The molecule has 120 valence electrons. The SMILES string of the molecule is Cc1nc(NC(=O)c2ccccc2[N+](=O)[O-])sc1-c1ccccn1. The number of hydrogen-bond donors (Lipinski definition) is 1. The minimum absolute atomic E-state index is 0.00487. The van der Waals surface area contributed by atoms with Crippen LogP contribution in [0.5, 0.6) is 0 Å². The minimum Gasteiger partial charge on any atom is -0.298 e. The lowest BCUT2D eigenvalue weighted by molar-refractivity contribution is -0.385. The minimum atomic E-state index is -0.582. The number of thiazole rings is 1. The Hall–Kier alpha value is -3.13. The van der Waals surface area contributed by atoms with Crippen molar-refractivity contribution in [2.24, 2.45) is 0 Å². The third-order valence-electron chi connectivity index (χ3n) is 3.26. The lowest BCUT2D eigenvalue weighted by atomic mass is 10.1. The van der Waals surface area contributed by atoms with Crippen LogP contribution in [0.1, 0.15) is 16.1 Å². The van der Waals surface area contributed by atoms with E-state index in [0.29, 0.717) is 5.13 Å². The van der Waals surface area contributed by atoms with E-state index in [9.17, 15) is 14.9 Å². The van der Waals surface area contributed by atoms with Crippen LogP contribution in [0.25, 0.3) is 10.6 Å². The van der Waals surface area contributed by atoms with E-state index in [1.165, 1.54) is 29.5 Å². The summed E-state index contributed by atoms with van der Waals surface area (Å²) in [5.41, 5.74) is 1.25. The van der Waals surface area contributed by atoms with Gasteiger partial charge in [-0.3, -0.25) is 25.2 Å². The Morgan fingerprint density at radius 2 is 1.96 bits per heavy atom. The highest BCUT2D eigenvalue weighted by molar-refractivity contribution is 7.19. The predicted octanol–water partition coefficient (Wildman–Crippen LogP) is 3.67. The number of rotatable bonds is 4. The number of aryl methyl sites for hydroxylation is 1. The second-order valence-corrected chi connectivity index (χ2v) is 5.88. The number of amides is 1. The molecule has 0 unspecified atom stereocenters. The van der Waals surface area contributed by atoms with Crippen molar-refractivity contribution in [3.8, 4) is 10.6 Å². The molecule has 8 heteroatoms. The van der Waals surface area contributed by atoms with E-state index >= 15 is 0 Å². The molecule has 24 heavy (non-hydrogen) atoms. The number of nitrogens with zero attached hydrogens (tertiary/aromatic N) is 3. The van der Waals surface area contributed by atoms with Gasteiger partial charge >= 0.3 is 0 Å². The van der Waals surface area contributed by atoms with E-state index in [2.05, 4.69) is 15.3 Å². The fraction of sp³-hybridized carbons (Fsp3) is 0.0625. The Balaban J connectivity index is 1.88. The van der Waals surface area contributed by atoms with Gasteiger partial charge in [-0.1, -0.05) is 29.5 Å². The third kappa shape index (κ3) is 3.13. The van der Waals surface area contributed by atoms with Crippen LogP contribution in [-0.4, -0.2) is 20.8 Å². The van der Waals surface area contributed by atoms with Crippen molar-refractivity contribution in [2.45, 2.75) is 6.92 Å². The maximum Gasteiger partial charge on any atom is 0.282 e. The standard InChI is InChI=1S/C16H12N4O3S/c1-10-14(12-7-4-5-9-17-12)24-16(18-10)19-15(21)11-6-2-3-8-13(11)20(22)23/h2-9H,1H3,(H,18,19,21). The second kappa shape index (κ2) is 6.55. The van der Waals surface area contributed by atoms with Crippen molar-refractivity contribution in [3.05, 3.63) is 70.0 Å². The van der Waals surface area contributed by atoms with Gasteiger partial charge < -0.3 is 0 Å². The van der Waals surface area contributed by atoms with E-state index in [0.717, 1.165) is 16.3 Å². The number of nitrogens with one attached hydrogen (secondary N) is 1. The summed E-state index contributed by atoms with van der Waals surface area (Å²) in [4.78, 5) is 32.2. The molecule has 0 saturated heterocycles. The number of nitro groups is 1. The summed E-state index contributed by atoms with van der Waals surface area (Å²) < 4.78 is 0. The number of hydrogen-bond acceptors (Lipinski definition) is 6. The number of carbonyl (C=O) groups excluding carboxylic acids is 1. The summed E-state index contributed by atoms with van der Waals surface area (Å²) in [5.74, 6) is -0.566. The molecule has 0 aliphatic carbocycles. The molecule has 0 radical (unpaired) electrons. The highest BCUT2D eigenvalue weighted by Crippen LogP contribution is 2.31. The summed E-state index contributed by atoms with van der Waals surface area (Å²) in [6.45, 7) is 1.82. The molecule has 0 atom stereocenters. The Bertz CT molecular complexity index is 909. The fourth-order valence-corrected chi connectivity index (χ4v) is 3.11. The van der Waals surface area contributed by atoms with Gasteiger partial charge in [-0.05, 0) is 25.1 Å². The Morgan fingerprint density at radius 1 is 1.21 bits per heavy atom. The first-order chi connectivity index (χ1) is 11.6. The van der Waals surface area contributed by atoms with Crippen LogP contribution < -0.4 is 5.32 Å². The van der Waals surface area contributed by atoms with Gasteiger partial charge in [-0.25, -0.2) is 4.98 Å². The topological polar surface area (TPSA) is 98.0 Å². The largest absolute Gasteiger partial charge is 0.298 e. The molecule has 0 aliphatic heterocycles. The van der Waals surface area contributed by atoms with E-state index in [1.807, 2.05) is 25.1 Å².